The Labute approximate surface area is 73.7 Å². The smallest absolute Gasteiger partial charge is 0.168 e. The average molecular weight is 176 g/mol. The van der Waals surface area contributed by atoms with E-state index in [-0.39, 0.29) is 0 Å². The Hall–Kier alpha value is -0.200. The number of nitrogens with one attached hydrogen (secondary N) is 3. The van der Waals surface area contributed by atoms with E-state index in [1.54, 1.807) is 14.0 Å². The monoisotopic (exact) mass is 176 g/mol. The van der Waals surface area contributed by atoms with E-state index in [0.29, 0.717) is 13.1 Å². The third kappa shape index (κ3) is 6.51. The molecular formula is C7H20N4O. The van der Waals surface area contributed by atoms with Gasteiger partial charge in [-0.2, -0.15) is 0 Å². The highest BCUT2D eigenvalue weighted by Crippen LogP contribution is 1.86. The summed E-state index contributed by atoms with van der Waals surface area (Å²) in [5.41, 5.74) is 5.28. The van der Waals surface area contributed by atoms with Gasteiger partial charge in [-0.1, -0.05) is 0 Å². The summed E-state index contributed by atoms with van der Waals surface area (Å²) in [5.74, 6) is -0.982. The lowest BCUT2D eigenvalue weighted by Crippen LogP contribution is -2.54. The SMILES string of the molecule is CNC(C)(O)NCCNCCN. The molecule has 0 radical (unpaired) electrons. The number of aliphatic hydroxyl groups is 1. The van der Waals surface area contributed by atoms with Crippen LogP contribution in [-0.4, -0.2) is 44.2 Å². The zero-order valence-corrected chi connectivity index (χ0v) is 7.85. The summed E-state index contributed by atoms with van der Waals surface area (Å²) < 4.78 is 0. The first-order chi connectivity index (χ1) is 5.62. The minimum atomic E-state index is -0.982. The van der Waals surface area contributed by atoms with Crippen LogP contribution in [0.15, 0.2) is 0 Å². The van der Waals surface area contributed by atoms with Crippen LogP contribution in [-0.2, 0) is 0 Å². The van der Waals surface area contributed by atoms with Gasteiger partial charge in [-0.25, -0.2) is 0 Å². The summed E-state index contributed by atoms with van der Waals surface area (Å²) in [6, 6.07) is 0. The maximum atomic E-state index is 9.41. The van der Waals surface area contributed by atoms with Gasteiger partial charge >= 0.3 is 0 Å². The van der Waals surface area contributed by atoms with Gasteiger partial charge in [-0.3, -0.25) is 10.6 Å². The van der Waals surface area contributed by atoms with Gasteiger partial charge < -0.3 is 16.2 Å². The molecule has 5 nitrogen and oxygen atoms in total. The predicted octanol–water partition coefficient (Wildman–Crippen LogP) is -1.99. The molecule has 0 rings (SSSR count). The highest BCUT2D eigenvalue weighted by atomic mass is 16.3. The van der Waals surface area contributed by atoms with Gasteiger partial charge in [-0.05, 0) is 14.0 Å². The summed E-state index contributed by atoms with van der Waals surface area (Å²) in [5, 5.41) is 18.1. The highest BCUT2D eigenvalue weighted by molar-refractivity contribution is 4.64. The van der Waals surface area contributed by atoms with Crippen LogP contribution in [0, 0.1) is 0 Å². The summed E-state index contributed by atoms with van der Waals surface area (Å²) in [7, 11) is 1.69. The molecule has 0 aromatic carbocycles. The first kappa shape index (κ1) is 11.8. The molecule has 0 heterocycles. The molecule has 74 valence electrons. The zero-order valence-electron chi connectivity index (χ0n) is 7.85. The fraction of sp³-hybridized carbons (Fsp3) is 1.00. The predicted molar refractivity (Wildman–Crippen MR) is 49.6 cm³/mol. The average Bonchev–Trinajstić information content (AvgIpc) is 2.04. The van der Waals surface area contributed by atoms with Gasteiger partial charge in [0, 0.05) is 26.2 Å². The Bertz CT molecular complexity index is 108. The number of nitrogens with two attached hydrogens (primary N) is 1. The molecule has 0 saturated heterocycles. The molecule has 0 aliphatic heterocycles. The molecule has 6 N–H and O–H groups in total. The highest BCUT2D eigenvalue weighted by Gasteiger charge is 2.13. The van der Waals surface area contributed by atoms with Crippen molar-refractivity contribution in [1.29, 1.82) is 0 Å². The summed E-state index contributed by atoms with van der Waals surface area (Å²) >= 11 is 0. The lowest BCUT2D eigenvalue weighted by Gasteiger charge is -2.23. The molecule has 0 aromatic rings. The minimum Gasteiger partial charge on any atom is -0.363 e. The Morgan fingerprint density at radius 3 is 2.50 bits per heavy atom. The second-order valence-electron chi connectivity index (χ2n) is 2.79. The lowest BCUT2D eigenvalue weighted by atomic mass is 10.4. The van der Waals surface area contributed by atoms with Crippen molar-refractivity contribution in [2.24, 2.45) is 5.73 Å². The molecule has 1 unspecified atom stereocenters. The van der Waals surface area contributed by atoms with Crippen LogP contribution in [0.5, 0.6) is 0 Å². The normalized spacial score (nSPS) is 16.0. The van der Waals surface area contributed by atoms with Gasteiger partial charge in [0.05, 0.1) is 0 Å². The molecule has 0 saturated carbocycles. The molecule has 0 spiro atoms. The third-order valence-corrected chi connectivity index (χ3v) is 1.58. The summed E-state index contributed by atoms with van der Waals surface area (Å²) in [6.07, 6.45) is 0. The van der Waals surface area contributed by atoms with E-state index in [4.69, 9.17) is 5.73 Å². The van der Waals surface area contributed by atoms with Crippen molar-refractivity contribution >= 4 is 0 Å². The van der Waals surface area contributed by atoms with E-state index >= 15 is 0 Å². The molecular weight excluding hydrogens is 156 g/mol. The number of rotatable bonds is 7. The van der Waals surface area contributed by atoms with E-state index in [2.05, 4.69) is 16.0 Å². The van der Waals surface area contributed by atoms with Gasteiger partial charge in [0.2, 0.25) is 0 Å². The molecule has 0 fully saturated rings. The molecule has 5 heteroatoms. The molecule has 0 aliphatic rings. The quantitative estimate of drug-likeness (QED) is 0.229. The lowest BCUT2D eigenvalue weighted by molar-refractivity contribution is -0.00181. The summed E-state index contributed by atoms with van der Waals surface area (Å²) in [6.45, 7) is 4.62. The van der Waals surface area contributed by atoms with Crippen molar-refractivity contribution in [3.63, 3.8) is 0 Å². The van der Waals surface area contributed by atoms with Crippen LogP contribution >= 0.6 is 0 Å². The first-order valence-corrected chi connectivity index (χ1v) is 4.19. The van der Waals surface area contributed by atoms with Crippen LogP contribution in [0.4, 0.5) is 0 Å². The van der Waals surface area contributed by atoms with E-state index in [0.717, 1.165) is 13.1 Å². The second kappa shape index (κ2) is 6.33. The molecule has 12 heavy (non-hydrogen) atoms. The van der Waals surface area contributed by atoms with E-state index in [1.807, 2.05) is 0 Å². The van der Waals surface area contributed by atoms with Crippen LogP contribution in [0.3, 0.4) is 0 Å². The molecule has 0 aromatic heterocycles. The van der Waals surface area contributed by atoms with Gasteiger partial charge in [-0.15, -0.1) is 0 Å². The van der Waals surface area contributed by atoms with Crippen LogP contribution < -0.4 is 21.7 Å². The van der Waals surface area contributed by atoms with E-state index in [1.165, 1.54) is 0 Å². The Balaban J connectivity index is 3.19. The van der Waals surface area contributed by atoms with Gasteiger partial charge in [0.15, 0.2) is 5.85 Å². The summed E-state index contributed by atoms with van der Waals surface area (Å²) in [4.78, 5) is 0. The molecule has 0 bridgehead atoms. The Morgan fingerprint density at radius 2 is 2.00 bits per heavy atom. The fourth-order valence-electron chi connectivity index (χ4n) is 0.710. The topological polar surface area (TPSA) is 82.3 Å². The van der Waals surface area contributed by atoms with Crippen molar-refractivity contribution in [2.75, 3.05) is 33.2 Å². The van der Waals surface area contributed by atoms with Crippen LogP contribution in [0.2, 0.25) is 0 Å². The standard InChI is InChI=1S/C7H20N4O/c1-7(12,9-2)11-6-5-10-4-3-8/h9-12H,3-6,8H2,1-2H3. The van der Waals surface area contributed by atoms with Crippen molar-refractivity contribution < 1.29 is 5.11 Å². The zero-order chi connectivity index (χ0) is 9.45. The van der Waals surface area contributed by atoms with Gasteiger partial charge in [0.1, 0.15) is 0 Å². The van der Waals surface area contributed by atoms with Crippen molar-refractivity contribution in [3.8, 4) is 0 Å². The van der Waals surface area contributed by atoms with Crippen molar-refractivity contribution in [1.82, 2.24) is 16.0 Å². The van der Waals surface area contributed by atoms with Crippen molar-refractivity contribution in [2.45, 2.75) is 12.8 Å². The molecule has 0 aliphatic carbocycles. The minimum absolute atomic E-state index is 0.641. The van der Waals surface area contributed by atoms with E-state index < -0.39 is 5.85 Å². The number of hydrogen-bond acceptors (Lipinski definition) is 5. The largest absolute Gasteiger partial charge is 0.363 e. The van der Waals surface area contributed by atoms with E-state index in [9.17, 15) is 5.11 Å². The van der Waals surface area contributed by atoms with Crippen molar-refractivity contribution in [3.05, 3.63) is 0 Å². The van der Waals surface area contributed by atoms with Crippen LogP contribution in [0.1, 0.15) is 6.92 Å². The second-order valence-corrected chi connectivity index (χ2v) is 2.79. The third-order valence-electron chi connectivity index (χ3n) is 1.58. The number of hydrogen-bond donors (Lipinski definition) is 5. The van der Waals surface area contributed by atoms with Gasteiger partial charge in [0.25, 0.3) is 0 Å². The maximum absolute atomic E-state index is 9.41. The fourth-order valence-corrected chi connectivity index (χ4v) is 0.710. The molecule has 1 atom stereocenters. The maximum Gasteiger partial charge on any atom is 0.168 e. The Kier molecular flexibility index (Phi) is 6.23. The first-order valence-electron chi connectivity index (χ1n) is 4.19. The molecule has 0 amide bonds. The Morgan fingerprint density at radius 1 is 1.33 bits per heavy atom. The van der Waals surface area contributed by atoms with Crippen LogP contribution in [0.25, 0.3) is 0 Å².